The minimum absolute atomic E-state index is 0.136. The molecule has 0 amide bonds. The fraction of sp³-hybridized carbons (Fsp3) is 0.625. The van der Waals surface area contributed by atoms with Gasteiger partial charge in [0.15, 0.2) is 0 Å². The lowest BCUT2D eigenvalue weighted by Crippen LogP contribution is -2.18. The van der Waals surface area contributed by atoms with Crippen molar-refractivity contribution in [1.82, 2.24) is 5.32 Å². The van der Waals surface area contributed by atoms with Gasteiger partial charge in [0.2, 0.25) is 0 Å². The summed E-state index contributed by atoms with van der Waals surface area (Å²) in [5.74, 6) is 0. The van der Waals surface area contributed by atoms with Gasteiger partial charge in [-0.2, -0.15) is 0 Å². The van der Waals surface area contributed by atoms with Crippen LogP contribution in [0.3, 0.4) is 0 Å². The van der Waals surface area contributed by atoms with Gasteiger partial charge in [-0.15, -0.1) is 0 Å². The first-order valence-corrected chi connectivity index (χ1v) is 7.24. The molecule has 3 nitrogen and oxygen atoms in total. The zero-order valence-corrected chi connectivity index (χ0v) is 12.4. The van der Waals surface area contributed by atoms with Crippen LogP contribution in [0.1, 0.15) is 38.3 Å². The largest absolute Gasteiger partial charge is 0.379 e. The van der Waals surface area contributed by atoms with Gasteiger partial charge in [0.1, 0.15) is 0 Å². The highest BCUT2D eigenvalue weighted by molar-refractivity contribution is 5.26. The van der Waals surface area contributed by atoms with Gasteiger partial charge in [0, 0.05) is 13.2 Å². The quantitative estimate of drug-likeness (QED) is 0.659. The first-order chi connectivity index (χ1) is 9.27. The van der Waals surface area contributed by atoms with Crippen LogP contribution in [0, 0.1) is 0 Å². The maximum absolute atomic E-state index is 5.82. The summed E-state index contributed by atoms with van der Waals surface area (Å²) in [4.78, 5) is 0. The van der Waals surface area contributed by atoms with E-state index in [1.165, 1.54) is 11.1 Å². The van der Waals surface area contributed by atoms with Crippen LogP contribution < -0.4 is 5.32 Å². The number of hydrogen-bond donors (Lipinski definition) is 1. The molecular formula is C16H27NO2. The molecule has 1 unspecified atom stereocenters. The van der Waals surface area contributed by atoms with Gasteiger partial charge in [-0.25, -0.2) is 0 Å². The maximum atomic E-state index is 5.82. The van der Waals surface area contributed by atoms with Crippen LogP contribution in [0.4, 0.5) is 0 Å². The third-order valence-electron chi connectivity index (χ3n) is 2.94. The number of nitrogens with one attached hydrogen (secondary N) is 1. The lowest BCUT2D eigenvalue weighted by molar-refractivity contribution is -0.0119. The molecule has 0 aliphatic heterocycles. The summed E-state index contributed by atoms with van der Waals surface area (Å²) in [7, 11) is 0. The second-order valence-electron chi connectivity index (χ2n) is 4.73. The number of hydrogen-bond acceptors (Lipinski definition) is 3. The molecule has 0 aromatic heterocycles. The fourth-order valence-electron chi connectivity index (χ4n) is 1.83. The molecule has 19 heavy (non-hydrogen) atoms. The molecule has 0 bridgehead atoms. The van der Waals surface area contributed by atoms with E-state index in [0.717, 1.165) is 26.1 Å². The van der Waals surface area contributed by atoms with Gasteiger partial charge in [-0.3, -0.25) is 0 Å². The first-order valence-electron chi connectivity index (χ1n) is 7.24. The zero-order chi connectivity index (χ0) is 13.9. The van der Waals surface area contributed by atoms with Crippen molar-refractivity contribution in [2.75, 3.05) is 19.8 Å². The van der Waals surface area contributed by atoms with E-state index in [1.54, 1.807) is 0 Å². The fourth-order valence-corrected chi connectivity index (χ4v) is 1.83. The van der Waals surface area contributed by atoms with E-state index in [4.69, 9.17) is 9.47 Å². The van der Waals surface area contributed by atoms with Crippen molar-refractivity contribution >= 4 is 0 Å². The maximum Gasteiger partial charge on any atom is 0.0785 e. The molecule has 0 fully saturated rings. The van der Waals surface area contributed by atoms with E-state index in [1.807, 2.05) is 13.8 Å². The highest BCUT2D eigenvalue weighted by Gasteiger charge is 2.05. The van der Waals surface area contributed by atoms with Crippen LogP contribution in [0.25, 0.3) is 0 Å². The average molecular weight is 265 g/mol. The van der Waals surface area contributed by atoms with Crippen LogP contribution in [0.2, 0.25) is 0 Å². The summed E-state index contributed by atoms with van der Waals surface area (Å²) in [6.45, 7) is 10.2. The Balaban J connectivity index is 2.43. The molecule has 108 valence electrons. The summed E-state index contributed by atoms with van der Waals surface area (Å²) < 4.78 is 11.2. The van der Waals surface area contributed by atoms with Gasteiger partial charge in [0.25, 0.3) is 0 Å². The standard InChI is InChI=1S/C16H27NO2/c1-4-10-17-11-15-8-6-7-9-16(15)13-19-14(3)12-18-5-2/h6-9,14,17H,4-5,10-13H2,1-3H3. The molecule has 1 atom stereocenters. The molecule has 0 spiro atoms. The molecule has 0 radical (unpaired) electrons. The summed E-state index contributed by atoms with van der Waals surface area (Å²) in [6, 6.07) is 8.44. The second kappa shape index (κ2) is 9.96. The topological polar surface area (TPSA) is 30.5 Å². The molecule has 0 saturated carbocycles. The molecule has 1 rings (SSSR count). The molecule has 1 N–H and O–H groups in total. The van der Waals surface area contributed by atoms with E-state index in [-0.39, 0.29) is 6.10 Å². The van der Waals surface area contributed by atoms with E-state index in [9.17, 15) is 0 Å². The molecular weight excluding hydrogens is 238 g/mol. The lowest BCUT2D eigenvalue weighted by Gasteiger charge is -2.15. The van der Waals surface area contributed by atoms with E-state index in [0.29, 0.717) is 13.2 Å². The normalized spacial score (nSPS) is 12.6. The summed E-state index contributed by atoms with van der Waals surface area (Å²) in [5, 5.41) is 3.43. The third kappa shape index (κ3) is 6.71. The van der Waals surface area contributed by atoms with Crippen LogP contribution in [0.15, 0.2) is 24.3 Å². The monoisotopic (exact) mass is 265 g/mol. The second-order valence-corrected chi connectivity index (χ2v) is 4.73. The van der Waals surface area contributed by atoms with Crippen LogP contribution in [0.5, 0.6) is 0 Å². The Morgan fingerprint density at radius 2 is 1.89 bits per heavy atom. The Bertz CT molecular complexity index is 341. The minimum atomic E-state index is 0.136. The molecule has 0 saturated heterocycles. The SMILES string of the molecule is CCCNCc1ccccc1COC(C)COCC. The van der Waals surface area contributed by atoms with Crippen molar-refractivity contribution < 1.29 is 9.47 Å². The zero-order valence-electron chi connectivity index (χ0n) is 12.4. The molecule has 3 heteroatoms. The summed E-state index contributed by atoms with van der Waals surface area (Å²) in [5.41, 5.74) is 2.58. The molecule has 0 aliphatic rings. The van der Waals surface area contributed by atoms with Crippen LogP contribution in [-0.2, 0) is 22.6 Å². The van der Waals surface area contributed by atoms with Crippen molar-refractivity contribution in [1.29, 1.82) is 0 Å². The highest BCUT2D eigenvalue weighted by atomic mass is 16.5. The van der Waals surface area contributed by atoms with Gasteiger partial charge >= 0.3 is 0 Å². The first kappa shape index (κ1) is 16.2. The summed E-state index contributed by atoms with van der Waals surface area (Å²) in [6.07, 6.45) is 1.29. The number of rotatable bonds is 10. The Hall–Kier alpha value is -0.900. The van der Waals surface area contributed by atoms with Crippen molar-refractivity contribution in [3.05, 3.63) is 35.4 Å². The smallest absolute Gasteiger partial charge is 0.0785 e. The van der Waals surface area contributed by atoms with Gasteiger partial charge < -0.3 is 14.8 Å². The average Bonchev–Trinajstić information content (AvgIpc) is 2.44. The van der Waals surface area contributed by atoms with Gasteiger partial charge in [-0.1, -0.05) is 31.2 Å². The third-order valence-corrected chi connectivity index (χ3v) is 2.94. The highest BCUT2D eigenvalue weighted by Crippen LogP contribution is 2.11. The van der Waals surface area contributed by atoms with Crippen molar-refractivity contribution in [3.63, 3.8) is 0 Å². The molecule has 0 heterocycles. The lowest BCUT2D eigenvalue weighted by atomic mass is 10.1. The Labute approximate surface area is 117 Å². The van der Waals surface area contributed by atoms with E-state index < -0.39 is 0 Å². The molecule has 1 aromatic carbocycles. The van der Waals surface area contributed by atoms with Crippen LogP contribution in [-0.4, -0.2) is 25.9 Å². The Morgan fingerprint density at radius 1 is 1.16 bits per heavy atom. The number of ether oxygens (including phenoxy) is 2. The molecule has 0 aliphatic carbocycles. The Morgan fingerprint density at radius 3 is 2.58 bits per heavy atom. The molecule has 1 aromatic rings. The predicted molar refractivity (Wildman–Crippen MR) is 79.2 cm³/mol. The Kier molecular flexibility index (Phi) is 8.47. The number of benzene rings is 1. The van der Waals surface area contributed by atoms with Crippen LogP contribution >= 0.6 is 0 Å². The van der Waals surface area contributed by atoms with Crippen molar-refractivity contribution in [2.24, 2.45) is 0 Å². The van der Waals surface area contributed by atoms with Crippen molar-refractivity contribution in [3.8, 4) is 0 Å². The van der Waals surface area contributed by atoms with Crippen molar-refractivity contribution in [2.45, 2.75) is 46.4 Å². The van der Waals surface area contributed by atoms with Gasteiger partial charge in [0.05, 0.1) is 19.3 Å². The summed E-state index contributed by atoms with van der Waals surface area (Å²) >= 11 is 0. The van der Waals surface area contributed by atoms with Gasteiger partial charge in [-0.05, 0) is 37.9 Å². The van der Waals surface area contributed by atoms with E-state index in [2.05, 4.69) is 36.5 Å². The predicted octanol–water partition coefficient (Wildman–Crippen LogP) is 3.13. The minimum Gasteiger partial charge on any atom is -0.379 e. The van der Waals surface area contributed by atoms with E-state index >= 15 is 0 Å².